The second-order valence-corrected chi connectivity index (χ2v) is 6.20. The first-order valence-electron chi connectivity index (χ1n) is 8.28. The van der Waals surface area contributed by atoms with Crippen LogP contribution in [0.25, 0.3) is 0 Å². The van der Waals surface area contributed by atoms with Crippen LogP contribution in [0.5, 0.6) is 5.88 Å². The Kier molecular flexibility index (Phi) is 4.91. The first-order valence-corrected chi connectivity index (χ1v) is 8.28. The Hall–Kier alpha value is -1.36. The molecule has 1 saturated heterocycles. The second kappa shape index (κ2) is 7.07. The van der Waals surface area contributed by atoms with Gasteiger partial charge in [0.05, 0.1) is 19.0 Å². The molecule has 1 aromatic heterocycles. The normalized spacial score (nSPS) is 22.3. The smallest absolute Gasteiger partial charge is 0.234 e. The summed E-state index contributed by atoms with van der Waals surface area (Å²) in [4.78, 5) is 11.2. The number of nitrogens with zero attached hydrogens (tertiary/aromatic N) is 3. The maximum Gasteiger partial charge on any atom is 0.234 e. The van der Waals surface area contributed by atoms with Gasteiger partial charge in [-0.1, -0.05) is 6.92 Å². The van der Waals surface area contributed by atoms with E-state index >= 15 is 0 Å². The summed E-state index contributed by atoms with van der Waals surface area (Å²) in [6.07, 6.45) is 9.82. The molecular weight excluding hydrogens is 264 g/mol. The van der Waals surface area contributed by atoms with Gasteiger partial charge >= 0.3 is 0 Å². The molecule has 2 fully saturated rings. The monoisotopic (exact) mass is 290 g/mol. The summed E-state index contributed by atoms with van der Waals surface area (Å²) in [6.45, 7) is 6.09. The average molecular weight is 290 g/mol. The molecule has 2 aliphatic rings. The van der Waals surface area contributed by atoms with Crippen LogP contribution >= 0.6 is 0 Å². The first-order chi connectivity index (χ1) is 10.3. The third-order valence-electron chi connectivity index (χ3n) is 4.17. The summed E-state index contributed by atoms with van der Waals surface area (Å²) < 4.78 is 5.59. The Morgan fingerprint density at radius 3 is 3.05 bits per heavy atom. The van der Waals surface area contributed by atoms with Crippen LogP contribution in [0.2, 0.25) is 0 Å². The third kappa shape index (κ3) is 4.30. The van der Waals surface area contributed by atoms with Gasteiger partial charge in [-0.2, -0.15) is 4.98 Å². The van der Waals surface area contributed by atoms with Crippen molar-refractivity contribution in [2.24, 2.45) is 5.92 Å². The molecule has 0 radical (unpaired) electrons. The second-order valence-electron chi connectivity index (χ2n) is 6.20. The Labute approximate surface area is 127 Å². The highest BCUT2D eigenvalue weighted by molar-refractivity contribution is 5.38. The molecule has 116 valence electrons. The van der Waals surface area contributed by atoms with Crippen molar-refractivity contribution in [1.29, 1.82) is 0 Å². The molecule has 1 aromatic rings. The van der Waals surface area contributed by atoms with Crippen LogP contribution in [-0.2, 0) is 0 Å². The molecule has 3 rings (SSSR count). The molecule has 0 aromatic carbocycles. The van der Waals surface area contributed by atoms with Crippen LogP contribution in [0, 0.1) is 5.92 Å². The molecule has 2 heterocycles. The minimum absolute atomic E-state index is 0.646. The Morgan fingerprint density at radius 1 is 1.33 bits per heavy atom. The SMILES string of the molecule is CCCOc1cncc(N2CCCC(CNC3CC3)C2)n1. The molecule has 1 atom stereocenters. The van der Waals surface area contributed by atoms with E-state index in [1.165, 1.54) is 25.7 Å². The van der Waals surface area contributed by atoms with E-state index in [0.717, 1.165) is 43.8 Å². The predicted octanol–water partition coefficient (Wildman–Crippen LogP) is 2.23. The minimum Gasteiger partial charge on any atom is -0.477 e. The number of piperidine rings is 1. The fourth-order valence-electron chi connectivity index (χ4n) is 2.83. The van der Waals surface area contributed by atoms with Crippen molar-refractivity contribution in [2.45, 2.75) is 45.1 Å². The quantitative estimate of drug-likeness (QED) is 0.834. The summed E-state index contributed by atoms with van der Waals surface area (Å²) in [6, 6.07) is 0.797. The van der Waals surface area contributed by atoms with Crippen molar-refractivity contribution in [1.82, 2.24) is 15.3 Å². The fourth-order valence-corrected chi connectivity index (χ4v) is 2.83. The molecular formula is C16H26N4O. The summed E-state index contributed by atoms with van der Waals surface area (Å²) in [7, 11) is 0. The highest BCUT2D eigenvalue weighted by Crippen LogP contribution is 2.24. The highest BCUT2D eigenvalue weighted by Gasteiger charge is 2.25. The van der Waals surface area contributed by atoms with Crippen molar-refractivity contribution >= 4 is 5.82 Å². The number of ether oxygens (including phenoxy) is 1. The van der Waals surface area contributed by atoms with E-state index in [1.807, 2.05) is 6.20 Å². The van der Waals surface area contributed by atoms with Crippen LogP contribution in [-0.4, -0.2) is 42.3 Å². The van der Waals surface area contributed by atoms with Crippen molar-refractivity contribution in [3.05, 3.63) is 12.4 Å². The molecule has 5 nitrogen and oxygen atoms in total. The number of anilines is 1. The van der Waals surface area contributed by atoms with Gasteiger partial charge in [-0.3, -0.25) is 4.98 Å². The topological polar surface area (TPSA) is 50.3 Å². The highest BCUT2D eigenvalue weighted by atomic mass is 16.5. The van der Waals surface area contributed by atoms with Crippen LogP contribution in [0.1, 0.15) is 39.0 Å². The number of aromatic nitrogens is 2. The van der Waals surface area contributed by atoms with Crippen molar-refractivity contribution in [3.63, 3.8) is 0 Å². The van der Waals surface area contributed by atoms with Gasteiger partial charge in [0.25, 0.3) is 0 Å². The standard InChI is InChI=1S/C16H26N4O/c1-2-8-21-16-11-17-10-15(19-16)20-7-3-4-13(12-20)9-18-14-5-6-14/h10-11,13-14,18H,2-9,12H2,1H3. The number of nitrogens with one attached hydrogen (secondary N) is 1. The van der Waals surface area contributed by atoms with Gasteiger partial charge in [-0.05, 0) is 44.6 Å². The fraction of sp³-hybridized carbons (Fsp3) is 0.750. The zero-order chi connectivity index (χ0) is 14.5. The van der Waals surface area contributed by atoms with Crippen molar-refractivity contribution < 1.29 is 4.74 Å². The molecule has 1 N–H and O–H groups in total. The first kappa shape index (κ1) is 14.6. The lowest BCUT2D eigenvalue weighted by Gasteiger charge is -2.33. The molecule has 1 saturated carbocycles. The molecule has 1 aliphatic heterocycles. The van der Waals surface area contributed by atoms with Crippen molar-refractivity contribution in [3.8, 4) is 5.88 Å². The lowest BCUT2D eigenvalue weighted by atomic mass is 9.98. The van der Waals surface area contributed by atoms with Gasteiger partial charge in [0, 0.05) is 19.1 Å². The molecule has 21 heavy (non-hydrogen) atoms. The van der Waals surface area contributed by atoms with Crippen LogP contribution < -0.4 is 15.0 Å². The van der Waals surface area contributed by atoms with Crippen LogP contribution in [0.4, 0.5) is 5.82 Å². The molecule has 5 heteroatoms. The summed E-state index contributed by atoms with van der Waals surface area (Å²) >= 11 is 0. The lowest BCUT2D eigenvalue weighted by molar-refractivity contribution is 0.303. The van der Waals surface area contributed by atoms with E-state index in [-0.39, 0.29) is 0 Å². The van der Waals surface area contributed by atoms with E-state index in [1.54, 1.807) is 6.20 Å². The largest absolute Gasteiger partial charge is 0.477 e. The van der Waals surface area contributed by atoms with Crippen molar-refractivity contribution in [2.75, 3.05) is 31.1 Å². The van der Waals surface area contributed by atoms with E-state index in [9.17, 15) is 0 Å². The summed E-state index contributed by atoms with van der Waals surface area (Å²) in [5.74, 6) is 2.33. The predicted molar refractivity (Wildman–Crippen MR) is 83.8 cm³/mol. The maximum absolute atomic E-state index is 5.59. The van der Waals surface area contributed by atoms with Crippen LogP contribution in [0.3, 0.4) is 0 Å². The number of hydrogen-bond acceptors (Lipinski definition) is 5. The average Bonchev–Trinajstić information content (AvgIpc) is 3.36. The third-order valence-corrected chi connectivity index (χ3v) is 4.17. The zero-order valence-electron chi connectivity index (χ0n) is 12.9. The maximum atomic E-state index is 5.59. The summed E-state index contributed by atoms with van der Waals surface area (Å²) in [5, 5.41) is 3.65. The molecule has 0 spiro atoms. The summed E-state index contributed by atoms with van der Waals surface area (Å²) in [5.41, 5.74) is 0. The van der Waals surface area contributed by atoms with Gasteiger partial charge in [-0.25, -0.2) is 0 Å². The number of rotatable bonds is 7. The van der Waals surface area contributed by atoms with Gasteiger partial charge in [0.1, 0.15) is 0 Å². The molecule has 0 amide bonds. The molecule has 0 bridgehead atoms. The molecule has 1 aliphatic carbocycles. The van der Waals surface area contributed by atoms with E-state index < -0.39 is 0 Å². The Morgan fingerprint density at radius 2 is 2.24 bits per heavy atom. The molecule has 1 unspecified atom stereocenters. The number of hydrogen-bond donors (Lipinski definition) is 1. The van der Waals surface area contributed by atoms with Gasteiger partial charge < -0.3 is 15.0 Å². The van der Waals surface area contributed by atoms with E-state index in [2.05, 4.69) is 27.1 Å². The van der Waals surface area contributed by atoms with E-state index in [0.29, 0.717) is 12.5 Å². The van der Waals surface area contributed by atoms with Gasteiger partial charge in [0.2, 0.25) is 5.88 Å². The zero-order valence-corrected chi connectivity index (χ0v) is 12.9. The van der Waals surface area contributed by atoms with Gasteiger partial charge in [0.15, 0.2) is 5.82 Å². The minimum atomic E-state index is 0.646. The van der Waals surface area contributed by atoms with Gasteiger partial charge in [-0.15, -0.1) is 0 Å². The van der Waals surface area contributed by atoms with Crippen LogP contribution in [0.15, 0.2) is 12.4 Å². The Balaban J connectivity index is 1.56. The lowest BCUT2D eigenvalue weighted by Crippen LogP contribution is -2.40. The van der Waals surface area contributed by atoms with E-state index in [4.69, 9.17) is 4.74 Å². The Bertz CT molecular complexity index is 450.